The van der Waals surface area contributed by atoms with Gasteiger partial charge in [-0.1, -0.05) is 12.1 Å². The monoisotopic (exact) mass is 297 g/mol. The number of ether oxygens (including phenoxy) is 1. The lowest BCUT2D eigenvalue weighted by Crippen LogP contribution is -2.24. The van der Waals surface area contributed by atoms with E-state index in [0.717, 1.165) is 11.3 Å². The predicted molar refractivity (Wildman–Crippen MR) is 82.1 cm³/mol. The van der Waals surface area contributed by atoms with E-state index in [2.05, 4.69) is 9.97 Å². The summed E-state index contributed by atoms with van der Waals surface area (Å²) in [5.41, 5.74) is 7.09. The van der Waals surface area contributed by atoms with Crippen LogP contribution in [0.1, 0.15) is 5.56 Å². The van der Waals surface area contributed by atoms with Crippen molar-refractivity contribution in [1.29, 1.82) is 0 Å². The molecule has 112 valence electrons. The van der Waals surface area contributed by atoms with Crippen molar-refractivity contribution in [3.8, 4) is 11.4 Å². The fourth-order valence-electron chi connectivity index (χ4n) is 2.17. The molecule has 0 aliphatic heterocycles. The molecule has 2 N–H and O–H groups in total. The molecule has 1 aromatic carbocycles. The molecule has 0 saturated heterocycles. The van der Waals surface area contributed by atoms with E-state index < -0.39 is 0 Å². The Bertz CT molecular complexity index is 836. The second-order valence-electron chi connectivity index (χ2n) is 4.69. The molecule has 3 rings (SSSR count). The average molecular weight is 297 g/mol. The highest BCUT2D eigenvalue weighted by molar-refractivity contribution is 5.50. The Morgan fingerprint density at radius 2 is 1.95 bits per heavy atom. The highest BCUT2D eigenvalue weighted by Crippen LogP contribution is 2.15. The van der Waals surface area contributed by atoms with Gasteiger partial charge >= 0.3 is 5.69 Å². The van der Waals surface area contributed by atoms with E-state index in [1.54, 1.807) is 30.1 Å². The van der Waals surface area contributed by atoms with E-state index in [1.807, 2.05) is 24.3 Å². The molecule has 0 radical (unpaired) electrons. The summed E-state index contributed by atoms with van der Waals surface area (Å²) in [6.45, 7) is 0.372. The third-order valence-corrected chi connectivity index (χ3v) is 3.31. The lowest BCUT2D eigenvalue weighted by molar-refractivity contribution is 0.414. The van der Waals surface area contributed by atoms with Gasteiger partial charge in [-0.2, -0.15) is 4.98 Å². The standard InChI is InChI=1S/C15H15N5O2/c1-22-12-6-4-11(5-7-12)9-19-15(21)18-10-20(19)13-3-2-8-17-14(13)16/h2-8,10H,9H2,1H3,(H2,16,17). The number of methoxy groups -OCH3 is 1. The molecule has 3 aromatic rings. The van der Waals surface area contributed by atoms with Crippen LogP contribution < -0.4 is 16.2 Å². The van der Waals surface area contributed by atoms with E-state index >= 15 is 0 Å². The summed E-state index contributed by atoms with van der Waals surface area (Å²) >= 11 is 0. The molecule has 0 saturated carbocycles. The molecule has 2 aromatic heterocycles. The number of aromatic nitrogens is 4. The van der Waals surface area contributed by atoms with Crippen molar-refractivity contribution in [3.05, 3.63) is 65.0 Å². The summed E-state index contributed by atoms with van der Waals surface area (Å²) in [6, 6.07) is 11.0. The van der Waals surface area contributed by atoms with Gasteiger partial charge in [0.1, 0.15) is 23.6 Å². The Labute approximate surface area is 126 Å². The fourth-order valence-corrected chi connectivity index (χ4v) is 2.17. The Kier molecular flexibility index (Phi) is 3.61. The van der Waals surface area contributed by atoms with Crippen LogP contribution in [0.4, 0.5) is 5.82 Å². The van der Waals surface area contributed by atoms with Gasteiger partial charge in [0.2, 0.25) is 0 Å². The average Bonchev–Trinajstić information content (AvgIpc) is 2.90. The van der Waals surface area contributed by atoms with Crippen LogP contribution in [-0.2, 0) is 6.54 Å². The lowest BCUT2D eigenvalue weighted by atomic mass is 10.2. The molecule has 0 atom stereocenters. The summed E-state index contributed by atoms with van der Waals surface area (Å²) in [6.07, 6.45) is 3.04. The van der Waals surface area contributed by atoms with Crippen LogP contribution in [0.5, 0.6) is 5.75 Å². The normalized spacial score (nSPS) is 10.6. The number of pyridine rings is 1. The van der Waals surface area contributed by atoms with Crippen LogP contribution in [-0.4, -0.2) is 26.4 Å². The Morgan fingerprint density at radius 1 is 1.18 bits per heavy atom. The Hall–Kier alpha value is -3.09. The molecule has 0 fully saturated rings. The van der Waals surface area contributed by atoms with Crippen LogP contribution in [0.25, 0.3) is 5.69 Å². The third kappa shape index (κ3) is 2.56. The molecule has 0 aliphatic rings. The van der Waals surface area contributed by atoms with Gasteiger partial charge in [0.25, 0.3) is 0 Å². The zero-order chi connectivity index (χ0) is 15.5. The lowest BCUT2D eigenvalue weighted by Gasteiger charge is -2.12. The molecule has 0 spiro atoms. The van der Waals surface area contributed by atoms with Gasteiger partial charge in [-0.25, -0.2) is 19.1 Å². The number of anilines is 1. The molecule has 0 amide bonds. The van der Waals surface area contributed by atoms with Crippen LogP contribution in [0.15, 0.2) is 53.7 Å². The van der Waals surface area contributed by atoms with Gasteiger partial charge in [-0.05, 0) is 29.8 Å². The second kappa shape index (κ2) is 5.72. The molecule has 22 heavy (non-hydrogen) atoms. The first kappa shape index (κ1) is 13.9. The summed E-state index contributed by atoms with van der Waals surface area (Å²) in [4.78, 5) is 19.9. The van der Waals surface area contributed by atoms with Crippen LogP contribution in [0.3, 0.4) is 0 Å². The third-order valence-electron chi connectivity index (χ3n) is 3.31. The van der Waals surface area contributed by atoms with Gasteiger partial charge in [0.15, 0.2) is 0 Å². The highest BCUT2D eigenvalue weighted by atomic mass is 16.5. The van der Waals surface area contributed by atoms with Crippen LogP contribution >= 0.6 is 0 Å². The van der Waals surface area contributed by atoms with Crippen molar-refractivity contribution in [2.45, 2.75) is 6.54 Å². The number of nitrogen functional groups attached to an aromatic ring is 1. The van der Waals surface area contributed by atoms with Crippen molar-refractivity contribution in [2.75, 3.05) is 12.8 Å². The number of nitrogens with zero attached hydrogens (tertiary/aromatic N) is 4. The van der Waals surface area contributed by atoms with Gasteiger partial charge in [-0.15, -0.1) is 0 Å². The predicted octanol–water partition coefficient (Wildman–Crippen LogP) is 1.07. The number of nitrogens with two attached hydrogens (primary N) is 1. The Morgan fingerprint density at radius 3 is 2.64 bits per heavy atom. The highest BCUT2D eigenvalue weighted by Gasteiger charge is 2.10. The molecule has 7 nitrogen and oxygen atoms in total. The minimum atomic E-state index is -0.348. The van der Waals surface area contributed by atoms with Gasteiger partial charge in [0, 0.05) is 6.20 Å². The van der Waals surface area contributed by atoms with E-state index in [-0.39, 0.29) is 5.69 Å². The van der Waals surface area contributed by atoms with Crippen molar-refractivity contribution < 1.29 is 4.74 Å². The van der Waals surface area contributed by atoms with Gasteiger partial charge < -0.3 is 10.5 Å². The quantitative estimate of drug-likeness (QED) is 0.778. The van der Waals surface area contributed by atoms with Crippen LogP contribution in [0.2, 0.25) is 0 Å². The largest absolute Gasteiger partial charge is 0.497 e. The van der Waals surface area contributed by atoms with Crippen molar-refractivity contribution in [3.63, 3.8) is 0 Å². The van der Waals surface area contributed by atoms with Gasteiger partial charge in [0.05, 0.1) is 13.7 Å². The number of hydrogen-bond donors (Lipinski definition) is 1. The first-order valence-electron chi connectivity index (χ1n) is 6.67. The summed E-state index contributed by atoms with van der Waals surface area (Å²) in [7, 11) is 1.61. The molecular formula is C15H15N5O2. The number of benzene rings is 1. The summed E-state index contributed by atoms with van der Waals surface area (Å²) in [5, 5.41) is 0. The van der Waals surface area contributed by atoms with Crippen LogP contribution in [0, 0.1) is 0 Å². The molecule has 0 aliphatic carbocycles. The molecule has 7 heteroatoms. The Balaban J connectivity index is 1.99. The minimum Gasteiger partial charge on any atom is -0.497 e. The maximum Gasteiger partial charge on any atom is 0.364 e. The maximum atomic E-state index is 12.0. The zero-order valence-corrected chi connectivity index (χ0v) is 12.0. The first-order chi connectivity index (χ1) is 10.7. The van der Waals surface area contributed by atoms with E-state index in [4.69, 9.17) is 10.5 Å². The topological polar surface area (TPSA) is 88.0 Å². The zero-order valence-electron chi connectivity index (χ0n) is 12.0. The summed E-state index contributed by atoms with van der Waals surface area (Å²) < 4.78 is 8.23. The molecule has 0 bridgehead atoms. The van der Waals surface area contributed by atoms with Crippen molar-refractivity contribution >= 4 is 5.82 Å². The van der Waals surface area contributed by atoms with Crippen molar-refractivity contribution in [2.24, 2.45) is 0 Å². The minimum absolute atomic E-state index is 0.336. The van der Waals surface area contributed by atoms with E-state index in [0.29, 0.717) is 18.1 Å². The SMILES string of the molecule is COc1ccc(Cn2c(=O)ncn2-c2cccnc2N)cc1. The van der Waals surface area contributed by atoms with Gasteiger partial charge in [-0.3, -0.25) is 0 Å². The molecule has 0 unspecified atom stereocenters. The van der Waals surface area contributed by atoms with E-state index in [9.17, 15) is 4.79 Å². The maximum absolute atomic E-state index is 12.0. The smallest absolute Gasteiger partial charge is 0.364 e. The fraction of sp³-hybridized carbons (Fsp3) is 0.133. The number of hydrogen-bond acceptors (Lipinski definition) is 5. The molecular weight excluding hydrogens is 282 g/mol. The first-order valence-corrected chi connectivity index (χ1v) is 6.67. The summed E-state index contributed by atoms with van der Waals surface area (Å²) in [5.74, 6) is 1.10. The second-order valence-corrected chi connectivity index (χ2v) is 4.69. The van der Waals surface area contributed by atoms with E-state index in [1.165, 1.54) is 11.0 Å². The van der Waals surface area contributed by atoms with Crippen molar-refractivity contribution in [1.82, 2.24) is 19.3 Å². The number of rotatable bonds is 4. The molecule has 2 heterocycles.